The SMILES string of the molecule is Nc1ccc(S(=O)Cc2cccc(F)c2Cl)cc1F. The Bertz CT molecular complexity index is 649. The third kappa shape index (κ3) is 3.11. The van der Waals surface area contributed by atoms with E-state index in [-0.39, 0.29) is 21.4 Å². The largest absolute Gasteiger partial charge is 0.396 e. The summed E-state index contributed by atoms with van der Waals surface area (Å²) in [5.74, 6) is -1.18. The normalized spacial score (nSPS) is 12.4. The van der Waals surface area contributed by atoms with Crippen molar-refractivity contribution < 1.29 is 13.0 Å². The van der Waals surface area contributed by atoms with Gasteiger partial charge in [-0.15, -0.1) is 0 Å². The lowest BCUT2D eigenvalue weighted by Crippen LogP contribution is -2.00. The lowest BCUT2D eigenvalue weighted by molar-refractivity contribution is 0.625. The summed E-state index contributed by atoms with van der Waals surface area (Å²) in [6.45, 7) is 0. The minimum Gasteiger partial charge on any atom is -0.396 e. The second kappa shape index (κ2) is 5.67. The molecule has 1 atom stereocenters. The average Bonchev–Trinajstić information content (AvgIpc) is 2.38. The van der Waals surface area contributed by atoms with Crippen LogP contribution in [0.25, 0.3) is 0 Å². The number of halogens is 3. The molecular formula is C13H10ClF2NOS. The van der Waals surface area contributed by atoms with Crippen LogP contribution in [0.1, 0.15) is 5.56 Å². The lowest BCUT2D eigenvalue weighted by Gasteiger charge is -2.06. The van der Waals surface area contributed by atoms with Crippen LogP contribution in [0.3, 0.4) is 0 Å². The Morgan fingerprint density at radius 2 is 1.89 bits per heavy atom. The zero-order valence-electron chi connectivity index (χ0n) is 9.70. The monoisotopic (exact) mass is 301 g/mol. The highest BCUT2D eigenvalue weighted by Gasteiger charge is 2.12. The Morgan fingerprint density at radius 1 is 1.16 bits per heavy atom. The van der Waals surface area contributed by atoms with Gasteiger partial charge in [-0.05, 0) is 29.8 Å². The first kappa shape index (κ1) is 14.0. The van der Waals surface area contributed by atoms with Crippen molar-refractivity contribution in [3.63, 3.8) is 0 Å². The van der Waals surface area contributed by atoms with Crippen molar-refractivity contribution in [1.29, 1.82) is 0 Å². The van der Waals surface area contributed by atoms with E-state index in [4.69, 9.17) is 17.3 Å². The van der Waals surface area contributed by atoms with Crippen molar-refractivity contribution in [2.45, 2.75) is 10.6 Å². The van der Waals surface area contributed by atoms with E-state index in [1.807, 2.05) is 0 Å². The van der Waals surface area contributed by atoms with E-state index >= 15 is 0 Å². The number of nitrogen functional groups attached to an aromatic ring is 1. The van der Waals surface area contributed by atoms with Crippen LogP contribution in [-0.2, 0) is 16.6 Å². The van der Waals surface area contributed by atoms with Gasteiger partial charge in [-0.2, -0.15) is 0 Å². The zero-order chi connectivity index (χ0) is 14.0. The van der Waals surface area contributed by atoms with Gasteiger partial charge in [0.05, 0.1) is 27.3 Å². The summed E-state index contributed by atoms with van der Waals surface area (Å²) in [6.07, 6.45) is 0. The van der Waals surface area contributed by atoms with Crippen LogP contribution in [-0.4, -0.2) is 4.21 Å². The van der Waals surface area contributed by atoms with E-state index in [9.17, 15) is 13.0 Å². The van der Waals surface area contributed by atoms with Gasteiger partial charge in [-0.1, -0.05) is 23.7 Å². The number of benzene rings is 2. The fraction of sp³-hybridized carbons (Fsp3) is 0.0769. The first-order valence-corrected chi connectivity index (χ1v) is 7.05. The van der Waals surface area contributed by atoms with Gasteiger partial charge < -0.3 is 5.73 Å². The van der Waals surface area contributed by atoms with E-state index in [0.29, 0.717) is 5.56 Å². The minimum atomic E-state index is -1.52. The van der Waals surface area contributed by atoms with Gasteiger partial charge in [0, 0.05) is 4.90 Å². The van der Waals surface area contributed by atoms with Crippen molar-refractivity contribution in [2.24, 2.45) is 0 Å². The van der Waals surface area contributed by atoms with Crippen molar-refractivity contribution in [3.8, 4) is 0 Å². The Balaban J connectivity index is 2.26. The maximum Gasteiger partial charge on any atom is 0.147 e. The highest BCUT2D eigenvalue weighted by Crippen LogP contribution is 2.23. The molecule has 100 valence electrons. The molecule has 6 heteroatoms. The predicted octanol–water partition coefficient (Wildman–Crippen LogP) is 3.51. The molecule has 2 N–H and O–H groups in total. The number of hydrogen-bond donors (Lipinski definition) is 1. The molecule has 1 unspecified atom stereocenters. The fourth-order valence-corrected chi connectivity index (χ4v) is 2.95. The zero-order valence-corrected chi connectivity index (χ0v) is 11.3. The average molecular weight is 302 g/mol. The standard InChI is InChI=1S/C13H10ClF2NOS/c14-13-8(2-1-3-10(13)15)7-19(18)9-4-5-12(17)11(16)6-9/h1-6H,7,17H2. The smallest absolute Gasteiger partial charge is 0.147 e. The molecule has 0 amide bonds. The van der Waals surface area contributed by atoms with Crippen LogP contribution in [0.15, 0.2) is 41.3 Å². The van der Waals surface area contributed by atoms with Gasteiger partial charge in [0.2, 0.25) is 0 Å². The van der Waals surface area contributed by atoms with Crippen molar-refractivity contribution in [3.05, 3.63) is 58.6 Å². The maximum absolute atomic E-state index is 13.3. The van der Waals surface area contributed by atoms with Gasteiger partial charge in [-0.3, -0.25) is 4.21 Å². The Morgan fingerprint density at radius 3 is 2.58 bits per heavy atom. The van der Waals surface area contributed by atoms with E-state index in [0.717, 1.165) is 6.07 Å². The second-order valence-electron chi connectivity index (χ2n) is 3.89. The van der Waals surface area contributed by atoms with Crippen molar-refractivity contribution in [2.75, 3.05) is 5.73 Å². The van der Waals surface area contributed by atoms with E-state index in [1.54, 1.807) is 6.07 Å². The van der Waals surface area contributed by atoms with Gasteiger partial charge in [-0.25, -0.2) is 8.78 Å². The Hall–Kier alpha value is -1.46. The topological polar surface area (TPSA) is 43.1 Å². The molecule has 2 nitrogen and oxygen atoms in total. The lowest BCUT2D eigenvalue weighted by atomic mass is 10.2. The van der Waals surface area contributed by atoms with Crippen LogP contribution < -0.4 is 5.73 Å². The van der Waals surface area contributed by atoms with Crippen LogP contribution in [0.5, 0.6) is 0 Å². The first-order valence-electron chi connectivity index (χ1n) is 5.35. The van der Waals surface area contributed by atoms with Gasteiger partial charge in [0.15, 0.2) is 0 Å². The molecule has 19 heavy (non-hydrogen) atoms. The summed E-state index contributed by atoms with van der Waals surface area (Å²) in [4.78, 5) is 0.284. The quantitative estimate of drug-likeness (QED) is 0.882. The van der Waals surface area contributed by atoms with Gasteiger partial charge in [0.1, 0.15) is 11.6 Å². The molecule has 0 aliphatic carbocycles. The third-order valence-corrected chi connectivity index (χ3v) is 4.33. The fourth-order valence-electron chi connectivity index (χ4n) is 1.53. The number of anilines is 1. The molecule has 2 aromatic carbocycles. The molecule has 0 radical (unpaired) electrons. The Kier molecular flexibility index (Phi) is 4.17. The number of hydrogen-bond acceptors (Lipinski definition) is 2. The predicted molar refractivity (Wildman–Crippen MR) is 72.3 cm³/mol. The highest BCUT2D eigenvalue weighted by atomic mass is 35.5. The maximum atomic E-state index is 13.3. The van der Waals surface area contributed by atoms with Gasteiger partial charge in [0.25, 0.3) is 0 Å². The van der Waals surface area contributed by atoms with Crippen LogP contribution in [0, 0.1) is 11.6 Å². The van der Waals surface area contributed by atoms with Gasteiger partial charge >= 0.3 is 0 Å². The summed E-state index contributed by atoms with van der Waals surface area (Å²) >= 11 is 5.78. The van der Waals surface area contributed by atoms with E-state index in [2.05, 4.69) is 0 Å². The van der Waals surface area contributed by atoms with E-state index in [1.165, 1.54) is 24.3 Å². The van der Waals surface area contributed by atoms with Crippen LogP contribution in [0.2, 0.25) is 5.02 Å². The minimum absolute atomic E-state index is 0.00969. The molecule has 0 spiro atoms. The molecule has 0 saturated carbocycles. The molecule has 0 saturated heterocycles. The summed E-state index contributed by atoms with van der Waals surface area (Å²) in [6, 6.07) is 8.21. The number of nitrogens with two attached hydrogens (primary N) is 1. The summed E-state index contributed by atoms with van der Waals surface area (Å²) < 4.78 is 38.6. The molecule has 0 bridgehead atoms. The second-order valence-corrected chi connectivity index (χ2v) is 5.72. The molecule has 0 fully saturated rings. The van der Waals surface area contributed by atoms with Crippen molar-refractivity contribution >= 4 is 28.1 Å². The van der Waals surface area contributed by atoms with Crippen molar-refractivity contribution in [1.82, 2.24) is 0 Å². The molecule has 0 aromatic heterocycles. The van der Waals surface area contributed by atoms with Crippen LogP contribution in [0.4, 0.5) is 14.5 Å². The molecule has 2 aromatic rings. The molecule has 0 aliphatic rings. The summed E-state index contributed by atoms with van der Waals surface area (Å²) in [5.41, 5.74) is 5.75. The third-order valence-electron chi connectivity index (χ3n) is 2.55. The summed E-state index contributed by atoms with van der Waals surface area (Å²) in [7, 11) is -1.52. The van der Waals surface area contributed by atoms with Crippen LogP contribution >= 0.6 is 11.6 Å². The molecular weight excluding hydrogens is 292 g/mol. The highest BCUT2D eigenvalue weighted by molar-refractivity contribution is 7.84. The molecule has 2 rings (SSSR count). The summed E-state index contributed by atoms with van der Waals surface area (Å²) in [5, 5.41) is -0.0632. The Labute approximate surface area is 116 Å². The first-order chi connectivity index (χ1) is 8.99. The number of rotatable bonds is 3. The molecule has 0 aliphatic heterocycles. The van der Waals surface area contributed by atoms with E-state index < -0.39 is 22.4 Å². The molecule has 0 heterocycles.